The van der Waals surface area contributed by atoms with E-state index in [1.165, 1.54) is 19.4 Å². The Morgan fingerprint density at radius 3 is 2.60 bits per heavy atom. The maximum Gasteiger partial charge on any atom is 0.127 e. The van der Waals surface area contributed by atoms with E-state index in [-0.39, 0.29) is 0 Å². The summed E-state index contributed by atoms with van der Waals surface area (Å²) in [5.74, 6) is 1.65. The molecule has 30 heavy (non-hydrogen) atoms. The number of hydrogen-bond donors (Lipinski definition) is 0. The van der Waals surface area contributed by atoms with Crippen molar-refractivity contribution in [3.05, 3.63) is 73.1 Å². The third-order valence-electron chi connectivity index (χ3n) is 5.89. The highest BCUT2D eigenvalue weighted by molar-refractivity contribution is 5.92. The lowest BCUT2D eigenvalue weighted by Gasteiger charge is -2.32. The van der Waals surface area contributed by atoms with Gasteiger partial charge < -0.3 is 9.64 Å². The van der Waals surface area contributed by atoms with Crippen molar-refractivity contribution in [2.24, 2.45) is 0 Å². The van der Waals surface area contributed by atoms with E-state index in [4.69, 9.17) is 9.84 Å². The number of piperidine rings is 1. The van der Waals surface area contributed by atoms with Crippen LogP contribution in [0.2, 0.25) is 0 Å². The number of likely N-dealkylation sites (N-methyl/N-ethyl adjacent to an activating group) is 1. The van der Waals surface area contributed by atoms with Gasteiger partial charge in [-0.2, -0.15) is 5.10 Å². The Kier molecular flexibility index (Phi) is 5.20. The number of benzene rings is 2. The molecule has 0 aliphatic carbocycles. The lowest BCUT2D eigenvalue weighted by molar-refractivity contribution is 0.180. The first-order valence-electron chi connectivity index (χ1n) is 10.7. The van der Waals surface area contributed by atoms with Gasteiger partial charge in [-0.15, -0.1) is 0 Å². The highest BCUT2D eigenvalue weighted by Crippen LogP contribution is 2.33. The quantitative estimate of drug-likeness (QED) is 0.442. The van der Waals surface area contributed by atoms with Gasteiger partial charge in [-0.1, -0.05) is 25.1 Å². The number of aromatic nitrogens is 3. The zero-order valence-corrected chi connectivity index (χ0v) is 17.2. The third-order valence-corrected chi connectivity index (χ3v) is 5.89. The van der Waals surface area contributed by atoms with E-state index >= 15 is 0 Å². The van der Waals surface area contributed by atoms with Crippen LogP contribution >= 0.6 is 0 Å². The van der Waals surface area contributed by atoms with E-state index in [0.29, 0.717) is 6.04 Å². The van der Waals surface area contributed by atoms with E-state index < -0.39 is 0 Å². The first kappa shape index (κ1) is 18.8. The summed E-state index contributed by atoms with van der Waals surface area (Å²) in [6, 6.07) is 20.5. The second-order valence-electron chi connectivity index (χ2n) is 7.81. The molecule has 5 heteroatoms. The summed E-state index contributed by atoms with van der Waals surface area (Å²) in [5.41, 5.74) is 3.22. The molecule has 3 heterocycles. The predicted octanol–water partition coefficient (Wildman–Crippen LogP) is 5.55. The van der Waals surface area contributed by atoms with E-state index in [1.54, 1.807) is 0 Å². The third kappa shape index (κ3) is 3.68. The Morgan fingerprint density at radius 2 is 1.80 bits per heavy atom. The summed E-state index contributed by atoms with van der Waals surface area (Å²) in [5, 5.41) is 6.17. The minimum absolute atomic E-state index is 0.401. The normalized spacial score (nSPS) is 17.3. The van der Waals surface area contributed by atoms with Crippen LogP contribution in [0.5, 0.6) is 11.5 Å². The molecule has 0 saturated carbocycles. The molecule has 1 atom stereocenters. The standard InChI is InChI=1S/C25H26N4O/c1-2-28-16-6-7-20(18-28)29-24-14-15-26-17-23(24)25(27-29)19-10-12-22(13-11-19)30-21-8-4-3-5-9-21/h3-5,8-15,17,20H,2,6-7,16,18H2,1H3. The van der Waals surface area contributed by atoms with Gasteiger partial charge in [0.05, 0.1) is 11.6 Å². The van der Waals surface area contributed by atoms with Gasteiger partial charge in [-0.05, 0) is 68.4 Å². The van der Waals surface area contributed by atoms with Gasteiger partial charge in [0.2, 0.25) is 0 Å². The highest BCUT2D eigenvalue weighted by atomic mass is 16.5. The lowest BCUT2D eigenvalue weighted by Crippen LogP contribution is -2.36. The van der Waals surface area contributed by atoms with Crippen molar-refractivity contribution in [1.82, 2.24) is 19.7 Å². The zero-order valence-electron chi connectivity index (χ0n) is 17.2. The SMILES string of the molecule is CCN1CCCC(n2nc(-c3ccc(Oc4ccccc4)cc3)c3cnccc32)C1. The molecule has 1 saturated heterocycles. The van der Waals surface area contributed by atoms with Crippen LogP contribution in [-0.4, -0.2) is 39.3 Å². The van der Waals surface area contributed by atoms with Crippen LogP contribution in [0.25, 0.3) is 22.2 Å². The van der Waals surface area contributed by atoms with Crippen LogP contribution in [-0.2, 0) is 0 Å². The number of fused-ring (bicyclic) bond motifs is 1. The summed E-state index contributed by atoms with van der Waals surface area (Å²) in [6.45, 7) is 5.56. The van der Waals surface area contributed by atoms with Crippen LogP contribution in [0.1, 0.15) is 25.8 Å². The van der Waals surface area contributed by atoms with Gasteiger partial charge in [0.15, 0.2) is 0 Å². The molecule has 1 fully saturated rings. The van der Waals surface area contributed by atoms with Gasteiger partial charge in [-0.3, -0.25) is 9.67 Å². The highest BCUT2D eigenvalue weighted by Gasteiger charge is 2.24. The Morgan fingerprint density at radius 1 is 1.00 bits per heavy atom. The molecule has 0 spiro atoms. The van der Waals surface area contributed by atoms with Crippen molar-refractivity contribution in [2.75, 3.05) is 19.6 Å². The largest absolute Gasteiger partial charge is 0.457 e. The molecule has 4 aromatic rings. The van der Waals surface area contributed by atoms with Crippen molar-refractivity contribution < 1.29 is 4.74 Å². The molecule has 5 rings (SSSR count). The minimum Gasteiger partial charge on any atom is -0.457 e. The fraction of sp³-hybridized carbons (Fsp3) is 0.280. The number of likely N-dealkylation sites (tertiary alicyclic amines) is 1. The number of hydrogen-bond acceptors (Lipinski definition) is 4. The number of ether oxygens (including phenoxy) is 1. The second-order valence-corrected chi connectivity index (χ2v) is 7.81. The Balaban J connectivity index is 1.47. The molecule has 1 aliphatic rings. The van der Waals surface area contributed by atoms with E-state index in [1.807, 2.05) is 54.9 Å². The number of pyridine rings is 1. The lowest BCUT2D eigenvalue weighted by atomic mass is 10.1. The Labute approximate surface area is 176 Å². The molecule has 0 radical (unpaired) electrons. The van der Waals surface area contributed by atoms with E-state index in [0.717, 1.165) is 46.7 Å². The first-order chi connectivity index (χ1) is 14.8. The predicted molar refractivity (Wildman–Crippen MR) is 120 cm³/mol. The number of para-hydroxylation sites is 1. The molecular formula is C25H26N4O. The maximum atomic E-state index is 5.94. The van der Waals surface area contributed by atoms with Gasteiger partial charge in [-0.25, -0.2) is 0 Å². The Hall–Kier alpha value is -3.18. The summed E-state index contributed by atoms with van der Waals surface area (Å²) in [6.07, 6.45) is 6.18. The topological polar surface area (TPSA) is 43.2 Å². The fourth-order valence-electron chi connectivity index (χ4n) is 4.30. The van der Waals surface area contributed by atoms with Crippen LogP contribution < -0.4 is 4.74 Å². The van der Waals surface area contributed by atoms with Crippen molar-refractivity contribution >= 4 is 10.9 Å². The van der Waals surface area contributed by atoms with Crippen molar-refractivity contribution in [2.45, 2.75) is 25.8 Å². The zero-order chi connectivity index (χ0) is 20.3. The first-order valence-corrected chi connectivity index (χ1v) is 10.7. The molecule has 5 nitrogen and oxygen atoms in total. The van der Waals surface area contributed by atoms with E-state index in [9.17, 15) is 0 Å². The molecule has 1 unspecified atom stereocenters. The Bertz CT molecular complexity index is 1120. The van der Waals surface area contributed by atoms with Crippen LogP contribution in [0.15, 0.2) is 73.1 Å². The minimum atomic E-state index is 0.401. The van der Waals surface area contributed by atoms with Gasteiger partial charge in [0.25, 0.3) is 0 Å². The summed E-state index contributed by atoms with van der Waals surface area (Å²) in [7, 11) is 0. The smallest absolute Gasteiger partial charge is 0.127 e. The monoisotopic (exact) mass is 398 g/mol. The van der Waals surface area contributed by atoms with Crippen molar-refractivity contribution in [3.63, 3.8) is 0 Å². The average Bonchev–Trinajstić information content (AvgIpc) is 3.20. The molecule has 152 valence electrons. The fourth-order valence-corrected chi connectivity index (χ4v) is 4.30. The average molecular weight is 399 g/mol. The maximum absolute atomic E-state index is 5.94. The molecular weight excluding hydrogens is 372 g/mol. The van der Waals surface area contributed by atoms with Crippen LogP contribution in [0.3, 0.4) is 0 Å². The van der Waals surface area contributed by atoms with Crippen LogP contribution in [0.4, 0.5) is 0 Å². The second kappa shape index (κ2) is 8.28. The van der Waals surface area contributed by atoms with E-state index in [2.05, 4.69) is 39.7 Å². The number of nitrogens with zero attached hydrogens (tertiary/aromatic N) is 4. The van der Waals surface area contributed by atoms with Crippen LogP contribution in [0, 0.1) is 0 Å². The van der Waals surface area contributed by atoms with Crippen molar-refractivity contribution in [3.8, 4) is 22.8 Å². The summed E-state index contributed by atoms with van der Waals surface area (Å²) < 4.78 is 8.16. The molecule has 1 aliphatic heterocycles. The number of rotatable bonds is 5. The molecule has 2 aromatic heterocycles. The van der Waals surface area contributed by atoms with Crippen molar-refractivity contribution in [1.29, 1.82) is 0 Å². The molecule has 2 aromatic carbocycles. The van der Waals surface area contributed by atoms with Gasteiger partial charge >= 0.3 is 0 Å². The van der Waals surface area contributed by atoms with Gasteiger partial charge in [0.1, 0.15) is 17.2 Å². The molecule has 0 N–H and O–H groups in total. The molecule has 0 amide bonds. The molecule has 0 bridgehead atoms. The summed E-state index contributed by atoms with van der Waals surface area (Å²) >= 11 is 0. The summed E-state index contributed by atoms with van der Waals surface area (Å²) in [4.78, 5) is 6.89. The van der Waals surface area contributed by atoms with Gasteiger partial charge in [0, 0.05) is 29.9 Å².